The van der Waals surface area contributed by atoms with Crippen LogP contribution in [0.1, 0.15) is 22.6 Å². The van der Waals surface area contributed by atoms with E-state index in [9.17, 15) is 19.1 Å². The van der Waals surface area contributed by atoms with E-state index >= 15 is 0 Å². The van der Waals surface area contributed by atoms with Crippen molar-refractivity contribution in [1.29, 1.82) is 0 Å². The number of aliphatic carboxylic acids is 1. The Hall–Kier alpha value is -4.13. The van der Waals surface area contributed by atoms with Gasteiger partial charge in [0.25, 0.3) is 0 Å². The molecule has 0 aliphatic heterocycles. The van der Waals surface area contributed by atoms with E-state index in [1.807, 2.05) is 48.5 Å². The summed E-state index contributed by atoms with van der Waals surface area (Å²) in [5, 5.41) is 12.7. The van der Waals surface area contributed by atoms with Crippen molar-refractivity contribution in [3.05, 3.63) is 95.4 Å². The van der Waals surface area contributed by atoms with Gasteiger partial charge in [0.1, 0.15) is 18.5 Å². The molecule has 1 atom stereocenters. The van der Waals surface area contributed by atoms with Gasteiger partial charge in [0, 0.05) is 23.9 Å². The van der Waals surface area contributed by atoms with Gasteiger partial charge >= 0.3 is 12.1 Å². The van der Waals surface area contributed by atoms with Gasteiger partial charge in [0.05, 0.1) is 5.52 Å². The molecule has 0 saturated heterocycles. The number of benzene rings is 3. The number of carboxylic acids is 1. The fourth-order valence-corrected chi connectivity index (χ4v) is 4.55. The number of fused-ring (bicyclic) bond motifs is 4. The molecule has 0 fully saturated rings. The Bertz CT molecular complexity index is 1320. The maximum Gasteiger partial charge on any atom is 0.407 e. The number of hydrogen-bond acceptors (Lipinski definition) is 3. The van der Waals surface area contributed by atoms with Gasteiger partial charge in [-0.1, -0.05) is 60.7 Å². The Labute approximate surface area is 189 Å². The van der Waals surface area contributed by atoms with Crippen LogP contribution in [0.5, 0.6) is 0 Å². The quantitative estimate of drug-likeness (QED) is 0.397. The Kier molecular flexibility index (Phi) is 5.30. The van der Waals surface area contributed by atoms with E-state index in [2.05, 4.69) is 10.3 Å². The van der Waals surface area contributed by atoms with Gasteiger partial charge in [-0.2, -0.15) is 0 Å². The lowest BCUT2D eigenvalue weighted by Gasteiger charge is -2.17. The molecule has 0 radical (unpaired) electrons. The van der Waals surface area contributed by atoms with E-state index in [0.29, 0.717) is 16.5 Å². The van der Waals surface area contributed by atoms with Gasteiger partial charge in [-0.3, -0.25) is 0 Å². The normalized spacial score (nSPS) is 13.4. The van der Waals surface area contributed by atoms with Crippen molar-refractivity contribution in [3.63, 3.8) is 0 Å². The van der Waals surface area contributed by atoms with Crippen LogP contribution < -0.4 is 5.32 Å². The van der Waals surface area contributed by atoms with Gasteiger partial charge in [-0.25, -0.2) is 14.0 Å². The van der Waals surface area contributed by atoms with E-state index < -0.39 is 23.9 Å². The Morgan fingerprint density at radius 2 is 1.67 bits per heavy atom. The summed E-state index contributed by atoms with van der Waals surface area (Å²) >= 11 is 0. The molecule has 0 saturated carbocycles. The average molecular weight is 444 g/mol. The summed E-state index contributed by atoms with van der Waals surface area (Å²) in [7, 11) is 0. The molecular weight excluding hydrogens is 423 g/mol. The average Bonchev–Trinajstić information content (AvgIpc) is 3.37. The first kappa shape index (κ1) is 20.8. The second-order valence-corrected chi connectivity index (χ2v) is 8.04. The van der Waals surface area contributed by atoms with Gasteiger partial charge in [-0.05, 0) is 33.9 Å². The number of hydrogen-bond donors (Lipinski definition) is 3. The number of carboxylic acid groups (broad SMARTS) is 1. The third kappa shape index (κ3) is 3.82. The zero-order valence-corrected chi connectivity index (χ0v) is 17.5. The molecule has 0 bridgehead atoms. The molecule has 1 unspecified atom stereocenters. The number of para-hydroxylation sites is 1. The van der Waals surface area contributed by atoms with E-state index in [-0.39, 0.29) is 18.9 Å². The predicted octanol–water partition coefficient (Wildman–Crippen LogP) is 4.84. The first-order valence-electron chi connectivity index (χ1n) is 10.6. The summed E-state index contributed by atoms with van der Waals surface area (Å²) in [6.45, 7) is 0.0878. The van der Waals surface area contributed by atoms with Crippen LogP contribution >= 0.6 is 0 Å². The minimum atomic E-state index is -1.22. The molecule has 166 valence electrons. The first-order valence-corrected chi connectivity index (χ1v) is 10.6. The van der Waals surface area contributed by atoms with Crippen molar-refractivity contribution >= 4 is 23.0 Å². The highest BCUT2D eigenvalue weighted by Gasteiger charge is 2.30. The van der Waals surface area contributed by atoms with E-state index in [0.717, 1.165) is 22.3 Å². The number of ether oxygens (including phenoxy) is 1. The van der Waals surface area contributed by atoms with E-state index in [1.54, 1.807) is 18.3 Å². The molecule has 33 heavy (non-hydrogen) atoms. The number of aromatic nitrogens is 1. The summed E-state index contributed by atoms with van der Waals surface area (Å²) in [5.41, 5.74) is 5.26. The number of H-pyrrole nitrogens is 1. The van der Waals surface area contributed by atoms with Crippen molar-refractivity contribution in [2.75, 3.05) is 6.61 Å². The molecule has 5 rings (SSSR count). The van der Waals surface area contributed by atoms with Crippen LogP contribution in [-0.4, -0.2) is 34.8 Å². The molecule has 3 aromatic carbocycles. The van der Waals surface area contributed by atoms with Gasteiger partial charge in [0.2, 0.25) is 0 Å². The molecule has 1 aliphatic rings. The standard InChI is InChI=1S/C26H21FN2O4/c27-22-11-5-10-16-15(13-28-24(16)22)12-23(25(30)31)29-26(32)33-14-21-19-8-3-1-6-17(19)18-7-2-4-9-20(18)21/h1-11,13,21,23,28H,12,14H2,(H,29,32)(H,30,31). The lowest BCUT2D eigenvalue weighted by Crippen LogP contribution is -2.42. The number of halogens is 1. The molecule has 4 aromatic rings. The van der Waals surface area contributed by atoms with Crippen molar-refractivity contribution in [1.82, 2.24) is 10.3 Å². The fourth-order valence-electron chi connectivity index (χ4n) is 4.55. The highest BCUT2D eigenvalue weighted by molar-refractivity contribution is 5.86. The third-order valence-corrected chi connectivity index (χ3v) is 6.11. The topological polar surface area (TPSA) is 91.4 Å². The van der Waals surface area contributed by atoms with Crippen LogP contribution in [0.2, 0.25) is 0 Å². The van der Waals surface area contributed by atoms with Crippen LogP contribution in [0.4, 0.5) is 9.18 Å². The number of aromatic amines is 1. The number of amides is 1. The van der Waals surface area contributed by atoms with Crippen LogP contribution in [0.25, 0.3) is 22.0 Å². The van der Waals surface area contributed by atoms with Crippen LogP contribution in [0, 0.1) is 5.82 Å². The number of rotatable bonds is 6. The van der Waals surface area contributed by atoms with Gasteiger partial charge in [0.15, 0.2) is 0 Å². The summed E-state index contributed by atoms with van der Waals surface area (Å²) in [6, 6.07) is 19.3. The SMILES string of the molecule is O=C(NC(Cc1c[nH]c2c(F)cccc12)C(=O)O)OCC1c2ccccc2-c2ccccc21. The third-order valence-electron chi connectivity index (χ3n) is 6.11. The van der Waals surface area contributed by atoms with Gasteiger partial charge in [-0.15, -0.1) is 0 Å². The van der Waals surface area contributed by atoms with Crippen LogP contribution in [0.15, 0.2) is 72.9 Å². The Morgan fingerprint density at radius 3 is 2.33 bits per heavy atom. The molecule has 3 N–H and O–H groups in total. The maximum atomic E-state index is 13.9. The van der Waals surface area contributed by atoms with Crippen molar-refractivity contribution in [3.8, 4) is 11.1 Å². The minimum absolute atomic E-state index is 0.0109. The van der Waals surface area contributed by atoms with Crippen molar-refractivity contribution < 1.29 is 23.8 Å². The van der Waals surface area contributed by atoms with Crippen molar-refractivity contribution in [2.45, 2.75) is 18.4 Å². The van der Waals surface area contributed by atoms with E-state index in [1.165, 1.54) is 6.07 Å². The minimum Gasteiger partial charge on any atom is -0.480 e. The molecule has 1 aromatic heterocycles. The Balaban J connectivity index is 1.29. The molecule has 1 heterocycles. The molecule has 7 heteroatoms. The number of nitrogens with one attached hydrogen (secondary N) is 2. The Morgan fingerprint density at radius 1 is 1.00 bits per heavy atom. The number of carbonyl (C=O) groups is 2. The summed E-state index contributed by atoms with van der Waals surface area (Å²) < 4.78 is 19.4. The maximum absolute atomic E-state index is 13.9. The van der Waals surface area contributed by atoms with Gasteiger partial charge < -0.3 is 20.1 Å². The van der Waals surface area contributed by atoms with Crippen LogP contribution in [0.3, 0.4) is 0 Å². The number of alkyl carbamates (subject to hydrolysis) is 1. The molecule has 0 spiro atoms. The molecule has 1 aliphatic carbocycles. The summed E-state index contributed by atoms with van der Waals surface area (Å²) in [5.74, 6) is -1.74. The largest absolute Gasteiger partial charge is 0.480 e. The second kappa shape index (κ2) is 8.43. The monoisotopic (exact) mass is 444 g/mol. The van der Waals surface area contributed by atoms with E-state index in [4.69, 9.17) is 4.74 Å². The highest BCUT2D eigenvalue weighted by Crippen LogP contribution is 2.44. The predicted molar refractivity (Wildman–Crippen MR) is 122 cm³/mol. The fraction of sp³-hybridized carbons (Fsp3) is 0.154. The number of carbonyl (C=O) groups excluding carboxylic acids is 1. The lowest BCUT2D eigenvalue weighted by atomic mass is 9.98. The first-order chi connectivity index (χ1) is 16.0. The second-order valence-electron chi connectivity index (χ2n) is 8.04. The molecule has 1 amide bonds. The summed E-state index contributed by atoms with van der Waals surface area (Å²) in [6.07, 6.45) is 0.738. The van der Waals surface area contributed by atoms with Crippen molar-refractivity contribution in [2.24, 2.45) is 0 Å². The molecular formula is C26H21FN2O4. The highest BCUT2D eigenvalue weighted by atomic mass is 19.1. The van der Waals surface area contributed by atoms with Crippen LogP contribution in [-0.2, 0) is 16.0 Å². The molecule has 6 nitrogen and oxygen atoms in total. The zero-order valence-electron chi connectivity index (χ0n) is 17.5. The summed E-state index contributed by atoms with van der Waals surface area (Å²) in [4.78, 5) is 27.1. The smallest absolute Gasteiger partial charge is 0.407 e. The lowest BCUT2D eigenvalue weighted by molar-refractivity contribution is -0.139. The zero-order chi connectivity index (χ0) is 22.9.